The highest BCUT2D eigenvalue weighted by Crippen LogP contribution is 2.23. The van der Waals surface area contributed by atoms with Crippen LogP contribution in [0.2, 0.25) is 0 Å². The molecule has 1 saturated carbocycles. The first-order valence-corrected chi connectivity index (χ1v) is 5.96. The number of alkyl halides is 1. The number of hydrogen-bond donors (Lipinski definition) is 1. The van der Waals surface area contributed by atoms with Crippen molar-refractivity contribution < 1.29 is 4.39 Å². The van der Waals surface area contributed by atoms with Gasteiger partial charge < -0.3 is 5.32 Å². The van der Waals surface area contributed by atoms with Gasteiger partial charge in [-0.15, -0.1) is 11.3 Å². The van der Waals surface area contributed by atoms with E-state index in [1.807, 2.05) is 12.1 Å². The van der Waals surface area contributed by atoms with Gasteiger partial charge in [0.15, 0.2) is 0 Å². The molecule has 0 aliphatic heterocycles. The molecular formula is C11H13FN2S. The van der Waals surface area contributed by atoms with Gasteiger partial charge in [0.1, 0.15) is 17.1 Å². The second-order valence-electron chi connectivity index (χ2n) is 3.87. The maximum atomic E-state index is 12.9. The van der Waals surface area contributed by atoms with Gasteiger partial charge in [0.25, 0.3) is 0 Å². The van der Waals surface area contributed by atoms with Gasteiger partial charge in [-0.3, -0.25) is 0 Å². The molecule has 2 nitrogen and oxygen atoms in total. The van der Waals surface area contributed by atoms with Crippen molar-refractivity contribution in [2.24, 2.45) is 0 Å². The van der Waals surface area contributed by atoms with E-state index in [1.165, 1.54) is 11.3 Å². The molecule has 1 aromatic heterocycles. The van der Waals surface area contributed by atoms with E-state index in [0.29, 0.717) is 18.9 Å². The number of hydrogen-bond acceptors (Lipinski definition) is 3. The summed E-state index contributed by atoms with van der Waals surface area (Å²) in [7, 11) is 0. The minimum absolute atomic E-state index is 0.313. The fourth-order valence-corrected chi connectivity index (χ4v) is 2.65. The maximum absolute atomic E-state index is 12.9. The Balaban J connectivity index is 1.81. The topological polar surface area (TPSA) is 35.8 Å². The molecule has 2 atom stereocenters. The van der Waals surface area contributed by atoms with Crippen molar-refractivity contribution in [3.05, 3.63) is 21.9 Å². The number of nitrogens with one attached hydrogen (secondary N) is 1. The van der Waals surface area contributed by atoms with Crippen LogP contribution in [0.1, 0.15) is 29.0 Å². The predicted octanol–water partition coefficient (Wildman–Crippen LogP) is 2.60. The molecule has 1 aliphatic carbocycles. The van der Waals surface area contributed by atoms with Gasteiger partial charge in [-0.2, -0.15) is 5.26 Å². The summed E-state index contributed by atoms with van der Waals surface area (Å²) in [6.07, 6.45) is 1.63. The average Bonchev–Trinajstić information content (AvgIpc) is 2.83. The summed E-state index contributed by atoms with van der Waals surface area (Å²) in [5.41, 5.74) is 0. The number of nitriles is 1. The van der Waals surface area contributed by atoms with Crippen molar-refractivity contribution >= 4 is 11.3 Å². The number of halogens is 1. The SMILES string of the molecule is N#Cc1ccc(CN[C@@H]2CC[C@@H](F)C2)s1. The van der Waals surface area contributed by atoms with Crippen LogP contribution < -0.4 is 5.32 Å². The van der Waals surface area contributed by atoms with E-state index in [2.05, 4.69) is 11.4 Å². The Kier molecular flexibility index (Phi) is 3.34. The van der Waals surface area contributed by atoms with E-state index in [9.17, 15) is 4.39 Å². The Morgan fingerprint density at radius 1 is 1.53 bits per heavy atom. The number of nitrogens with zero attached hydrogens (tertiary/aromatic N) is 1. The van der Waals surface area contributed by atoms with Crippen LogP contribution in [0.3, 0.4) is 0 Å². The summed E-state index contributed by atoms with van der Waals surface area (Å²) in [6, 6.07) is 6.21. The van der Waals surface area contributed by atoms with Crippen LogP contribution in [0.5, 0.6) is 0 Å². The molecule has 1 aromatic rings. The van der Waals surface area contributed by atoms with Gasteiger partial charge in [0.05, 0.1) is 0 Å². The molecule has 2 rings (SSSR count). The molecule has 0 amide bonds. The van der Waals surface area contributed by atoms with Gasteiger partial charge in [-0.1, -0.05) is 0 Å². The quantitative estimate of drug-likeness (QED) is 0.856. The first-order valence-electron chi connectivity index (χ1n) is 5.14. The molecule has 4 heteroatoms. The van der Waals surface area contributed by atoms with Crippen molar-refractivity contribution in [2.45, 2.75) is 38.0 Å². The van der Waals surface area contributed by atoms with Crippen LogP contribution in [-0.4, -0.2) is 12.2 Å². The fourth-order valence-electron chi connectivity index (χ4n) is 1.89. The third-order valence-corrected chi connectivity index (χ3v) is 3.70. The van der Waals surface area contributed by atoms with Crippen LogP contribution in [0.25, 0.3) is 0 Å². The lowest BCUT2D eigenvalue weighted by Crippen LogP contribution is -2.25. The fraction of sp³-hybridized carbons (Fsp3) is 0.545. The summed E-state index contributed by atoms with van der Waals surface area (Å²) in [6.45, 7) is 0.754. The smallest absolute Gasteiger partial charge is 0.110 e. The third-order valence-electron chi connectivity index (χ3n) is 2.71. The molecule has 1 heterocycles. The molecule has 0 unspecified atom stereocenters. The highest BCUT2D eigenvalue weighted by atomic mass is 32.1. The highest BCUT2D eigenvalue weighted by molar-refractivity contribution is 7.12. The molecule has 0 spiro atoms. The zero-order valence-corrected chi connectivity index (χ0v) is 9.19. The molecule has 0 radical (unpaired) electrons. The summed E-state index contributed by atoms with van der Waals surface area (Å²) in [5, 5.41) is 12.0. The van der Waals surface area contributed by atoms with E-state index in [-0.39, 0.29) is 0 Å². The minimum atomic E-state index is -0.625. The van der Waals surface area contributed by atoms with Crippen molar-refractivity contribution in [2.75, 3.05) is 0 Å². The van der Waals surface area contributed by atoms with Crippen molar-refractivity contribution in [3.63, 3.8) is 0 Å². The molecule has 0 aromatic carbocycles. The first-order chi connectivity index (χ1) is 7.28. The Labute approximate surface area is 92.7 Å². The maximum Gasteiger partial charge on any atom is 0.110 e. The van der Waals surface area contributed by atoms with Gasteiger partial charge >= 0.3 is 0 Å². The lowest BCUT2D eigenvalue weighted by molar-refractivity contribution is 0.333. The predicted molar refractivity (Wildman–Crippen MR) is 58.4 cm³/mol. The van der Waals surface area contributed by atoms with Gasteiger partial charge in [-0.05, 0) is 31.4 Å². The van der Waals surface area contributed by atoms with Crippen molar-refractivity contribution in [1.82, 2.24) is 5.32 Å². The van der Waals surface area contributed by atoms with E-state index >= 15 is 0 Å². The normalized spacial score (nSPS) is 25.3. The molecule has 1 fully saturated rings. The van der Waals surface area contributed by atoms with E-state index in [1.54, 1.807) is 0 Å². The van der Waals surface area contributed by atoms with Crippen LogP contribution >= 0.6 is 11.3 Å². The summed E-state index contributed by atoms with van der Waals surface area (Å²) in [5.74, 6) is 0. The van der Waals surface area contributed by atoms with Crippen molar-refractivity contribution in [1.29, 1.82) is 5.26 Å². The monoisotopic (exact) mass is 224 g/mol. The highest BCUT2D eigenvalue weighted by Gasteiger charge is 2.23. The summed E-state index contributed by atoms with van der Waals surface area (Å²) in [4.78, 5) is 1.88. The average molecular weight is 224 g/mol. The first kappa shape index (κ1) is 10.6. The Hall–Kier alpha value is -0.920. The van der Waals surface area contributed by atoms with Crippen molar-refractivity contribution in [3.8, 4) is 6.07 Å². The van der Waals surface area contributed by atoms with Crippen LogP contribution in [-0.2, 0) is 6.54 Å². The number of thiophene rings is 1. The van der Waals surface area contributed by atoms with Crippen LogP contribution in [0.15, 0.2) is 12.1 Å². The Bertz CT molecular complexity index is 369. The standard InChI is InChI=1S/C11H13FN2S/c12-8-1-2-9(5-8)14-7-11-4-3-10(6-13)15-11/h3-4,8-9,14H,1-2,5,7H2/t8-,9-/m1/s1. The van der Waals surface area contributed by atoms with E-state index < -0.39 is 6.17 Å². The second kappa shape index (κ2) is 4.73. The number of rotatable bonds is 3. The molecule has 15 heavy (non-hydrogen) atoms. The van der Waals surface area contributed by atoms with Gasteiger partial charge in [0.2, 0.25) is 0 Å². The van der Waals surface area contributed by atoms with E-state index in [4.69, 9.17) is 5.26 Å². The van der Waals surface area contributed by atoms with Gasteiger partial charge in [0, 0.05) is 17.5 Å². The Morgan fingerprint density at radius 3 is 3.00 bits per heavy atom. The largest absolute Gasteiger partial charge is 0.309 e. The third kappa shape index (κ3) is 2.77. The molecule has 0 bridgehead atoms. The molecule has 1 N–H and O–H groups in total. The zero-order valence-electron chi connectivity index (χ0n) is 8.37. The molecule has 1 aliphatic rings. The van der Waals surface area contributed by atoms with Crippen LogP contribution in [0.4, 0.5) is 4.39 Å². The lowest BCUT2D eigenvalue weighted by Gasteiger charge is -2.09. The minimum Gasteiger partial charge on any atom is -0.309 e. The molecule has 80 valence electrons. The molecular weight excluding hydrogens is 211 g/mol. The summed E-state index contributed by atoms with van der Waals surface area (Å²) < 4.78 is 12.9. The van der Waals surface area contributed by atoms with Gasteiger partial charge in [-0.25, -0.2) is 4.39 Å². The van der Waals surface area contributed by atoms with Crippen LogP contribution in [0, 0.1) is 11.3 Å². The van der Waals surface area contributed by atoms with E-state index in [0.717, 1.165) is 22.7 Å². The molecule has 0 saturated heterocycles. The lowest BCUT2D eigenvalue weighted by atomic mass is 10.2. The Morgan fingerprint density at radius 2 is 2.40 bits per heavy atom. The zero-order chi connectivity index (χ0) is 10.7. The summed E-state index contributed by atoms with van der Waals surface area (Å²) >= 11 is 1.50. The second-order valence-corrected chi connectivity index (χ2v) is 5.03.